The Kier molecular flexibility index (Phi) is 8.41. The largest absolute Gasteiger partial charge is 0.493 e. The van der Waals surface area contributed by atoms with E-state index < -0.39 is 0 Å². The van der Waals surface area contributed by atoms with Crippen molar-refractivity contribution >= 4 is 17.7 Å². The number of amides is 1. The van der Waals surface area contributed by atoms with Crippen molar-refractivity contribution in [2.24, 2.45) is 0 Å². The minimum Gasteiger partial charge on any atom is -0.493 e. The van der Waals surface area contributed by atoms with Gasteiger partial charge in [0, 0.05) is 37.0 Å². The Hall–Kier alpha value is -3.61. The highest BCUT2D eigenvalue weighted by atomic mass is 16.5. The molecular formula is C32H36N2O4. The van der Waals surface area contributed by atoms with Crippen LogP contribution in [0.25, 0.3) is 17.2 Å². The standard InChI is InChI=1S/C32H36N2O4/c1-23-6-8-25(9-7-23)26-11-10-24-4-3-5-27(21-28(24)20-26)32(35)33-29-12-13-30(36-2)31(22-29)38-19-16-34-14-17-37-18-15-34/h6-13,20-22H,3-5,14-19H2,1-2H3,(H,33,35). The van der Waals surface area contributed by atoms with Gasteiger partial charge in [0.05, 0.1) is 20.3 Å². The average molecular weight is 513 g/mol. The summed E-state index contributed by atoms with van der Waals surface area (Å²) in [4.78, 5) is 15.7. The van der Waals surface area contributed by atoms with E-state index in [2.05, 4.69) is 65.7 Å². The smallest absolute Gasteiger partial charge is 0.251 e. The van der Waals surface area contributed by atoms with Gasteiger partial charge in [-0.25, -0.2) is 0 Å². The third kappa shape index (κ3) is 6.44. The molecule has 1 amide bonds. The second-order valence-corrected chi connectivity index (χ2v) is 9.92. The molecular weight excluding hydrogens is 476 g/mol. The molecule has 2 aliphatic rings. The molecule has 1 fully saturated rings. The van der Waals surface area contributed by atoms with Crippen LogP contribution in [0.4, 0.5) is 5.69 Å². The predicted octanol–water partition coefficient (Wildman–Crippen LogP) is 5.74. The third-order valence-corrected chi connectivity index (χ3v) is 7.23. The van der Waals surface area contributed by atoms with Crippen LogP contribution >= 0.6 is 0 Å². The molecule has 0 saturated carbocycles. The van der Waals surface area contributed by atoms with Gasteiger partial charge in [-0.3, -0.25) is 9.69 Å². The molecule has 0 unspecified atom stereocenters. The number of hydrogen-bond acceptors (Lipinski definition) is 5. The zero-order valence-electron chi connectivity index (χ0n) is 22.3. The fourth-order valence-corrected chi connectivity index (χ4v) is 4.98. The molecule has 6 nitrogen and oxygen atoms in total. The number of nitrogens with one attached hydrogen (secondary N) is 1. The van der Waals surface area contributed by atoms with Gasteiger partial charge in [0.15, 0.2) is 11.5 Å². The fourth-order valence-electron chi connectivity index (χ4n) is 4.98. The number of benzene rings is 3. The average Bonchev–Trinajstić information content (AvgIpc) is 3.16. The van der Waals surface area contributed by atoms with Crippen LogP contribution in [0.15, 0.2) is 66.2 Å². The number of hydrogen-bond donors (Lipinski definition) is 1. The Morgan fingerprint density at radius 3 is 2.53 bits per heavy atom. The maximum Gasteiger partial charge on any atom is 0.251 e. The molecule has 3 aromatic carbocycles. The number of carbonyl (C=O) groups is 1. The summed E-state index contributed by atoms with van der Waals surface area (Å²) in [6, 6.07) is 20.7. The molecule has 1 aliphatic heterocycles. The van der Waals surface area contributed by atoms with Gasteiger partial charge in [0.1, 0.15) is 6.61 Å². The van der Waals surface area contributed by atoms with Crippen LogP contribution in [0.2, 0.25) is 0 Å². The van der Waals surface area contributed by atoms with Crippen molar-refractivity contribution in [3.8, 4) is 22.6 Å². The van der Waals surface area contributed by atoms with Crippen LogP contribution in [0.5, 0.6) is 11.5 Å². The molecule has 38 heavy (non-hydrogen) atoms. The van der Waals surface area contributed by atoms with Crippen molar-refractivity contribution in [3.63, 3.8) is 0 Å². The molecule has 198 valence electrons. The molecule has 1 heterocycles. The Bertz CT molecular complexity index is 1290. The Labute approximate surface area is 225 Å². The molecule has 1 N–H and O–H groups in total. The monoisotopic (exact) mass is 512 g/mol. The zero-order valence-corrected chi connectivity index (χ0v) is 22.3. The molecule has 0 aromatic heterocycles. The van der Waals surface area contributed by atoms with Gasteiger partial charge in [-0.15, -0.1) is 0 Å². The van der Waals surface area contributed by atoms with E-state index in [0.29, 0.717) is 23.8 Å². The van der Waals surface area contributed by atoms with E-state index in [0.717, 1.165) is 68.8 Å². The van der Waals surface area contributed by atoms with Crippen molar-refractivity contribution in [2.45, 2.75) is 26.2 Å². The molecule has 1 aliphatic carbocycles. The topological polar surface area (TPSA) is 60.0 Å². The summed E-state index contributed by atoms with van der Waals surface area (Å²) in [5.41, 5.74) is 7.46. The number of nitrogens with zero attached hydrogens (tertiary/aromatic N) is 1. The molecule has 6 heteroatoms. The normalized spacial score (nSPS) is 15.7. The fraction of sp³-hybridized carbons (Fsp3) is 0.344. The van der Waals surface area contributed by atoms with Gasteiger partial charge in [0.2, 0.25) is 0 Å². The van der Waals surface area contributed by atoms with E-state index in [9.17, 15) is 4.79 Å². The lowest BCUT2D eigenvalue weighted by molar-refractivity contribution is -0.112. The number of morpholine rings is 1. The first-order valence-electron chi connectivity index (χ1n) is 13.4. The quantitative estimate of drug-likeness (QED) is 0.417. The molecule has 1 saturated heterocycles. The van der Waals surface area contributed by atoms with Gasteiger partial charge in [0.25, 0.3) is 5.91 Å². The number of rotatable bonds is 8. The van der Waals surface area contributed by atoms with Gasteiger partial charge in [-0.2, -0.15) is 0 Å². The van der Waals surface area contributed by atoms with Gasteiger partial charge in [-0.05, 0) is 72.7 Å². The number of fused-ring (bicyclic) bond motifs is 1. The summed E-state index contributed by atoms with van der Waals surface area (Å²) in [6.45, 7) is 6.82. The highest BCUT2D eigenvalue weighted by Gasteiger charge is 2.17. The molecule has 0 radical (unpaired) electrons. The first-order chi connectivity index (χ1) is 18.6. The number of carbonyl (C=O) groups excluding carboxylic acids is 1. The number of ether oxygens (including phenoxy) is 3. The lowest BCUT2D eigenvalue weighted by Gasteiger charge is -2.26. The number of aryl methyl sites for hydroxylation is 2. The Morgan fingerprint density at radius 2 is 1.74 bits per heavy atom. The number of anilines is 1. The minimum absolute atomic E-state index is 0.0805. The van der Waals surface area contributed by atoms with Crippen molar-refractivity contribution in [1.82, 2.24) is 4.90 Å². The van der Waals surface area contributed by atoms with Gasteiger partial charge < -0.3 is 19.5 Å². The maximum absolute atomic E-state index is 13.3. The van der Waals surface area contributed by atoms with Crippen molar-refractivity contribution in [2.75, 3.05) is 51.9 Å². The van der Waals surface area contributed by atoms with Crippen molar-refractivity contribution in [1.29, 1.82) is 0 Å². The Morgan fingerprint density at radius 1 is 0.947 bits per heavy atom. The molecule has 3 aromatic rings. The number of methoxy groups -OCH3 is 1. The summed E-state index contributed by atoms with van der Waals surface area (Å²) >= 11 is 0. The summed E-state index contributed by atoms with van der Waals surface area (Å²) in [5, 5.41) is 3.08. The van der Waals surface area contributed by atoms with Crippen LogP contribution < -0.4 is 14.8 Å². The zero-order chi connectivity index (χ0) is 26.3. The molecule has 5 rings (SSSR count). The first-order valence-corrected chi connectivity index (χ1v) is 13.4. The van der Waals surface area contributed by atoms with Crippen LogP contribution in [0, 0.1) is 6.92 Å². The van der Waals surface area contributed by atoms with Crippen LogP contribution in [-0.2, 0) is 16.0 Å². The van der Waals surface area contributed by atoms with Gasteiger partial charge in [-0.1, -0.05) is 42.0 Å². The third-order valence-electron chi connectivity index (χ3n) is 7.23. The minimum atomic E-state index is -0.0805. The highest BCUT2D eigenvalue weighted by Crippen LogP contribution is 2.32. The van der Waals surface area contributed by atoms with Crippen molar-refractivity contribution in [3.05, 3.63) is 82.9 Å². The second-order valence-electron chi connectivity index (χ2n) is 9.92. The second kappa shape index (κ2) is 12.3. The summed E-state index contributed by atoms with van der Waals surface area (Å²) in [5.74, 6) is 1.20. The Balaban J connectivity index is 1.29. The predicted molar refractivity (Wildman–Crippen MR) is 152 cm³/mol. The van der Waals surface area contributed by atoms with E-state index >= 15 is 0 Å². The summed E-state index contributed by atoms with van der Waals surface area (Å²) in [7, 11) is 1.63. The summed E-state index contributed by atoms with van der Waals surface area (Å²) < 4.78 is 17.0. The van der Waals surface area contributed by atoms with E-state index in [4.69, 9.17) is 14.2 Å². The van der Waals surface area contributed by atoms with Crippen LogP contribution in [-0.4, -0.2) is 57.4 Å². The lowest BCUT2D eigenvalue weighted by atomic mass is 9.97. The van der Waals surface area contributed by atoms with E-state index in [1.165, 1.54) is 16.7 Å². The van der Waals surface area contributed by atoms with E-state index in [-0.39, 0.29) is 5.91 Å². The van der Waals surface area contributed by atoms with Crippen LogP contribution in [0.1, 0.15) is 29.5 Å². The SMILES string of the molecule is COc1ccc(NC(=O)C2=Cc3cc(-c4ccc(C)cc4)ccc3CCC2)cc1OCCN1CCOCC1. The van der Waals surface area contributed by atoms with E-state index in [1.807, 2.05) is 18.2 Å². The molecule has 0 atom stereocenters. The first kappa shape index (κ1) is 26.0. The van der Waals surface area contributed by atoms with Gasteiger partial charge >= 0.3 is 0 Å². The maximum atomic E-state index is 13.3. The van der Waals surface area contributed by atoms with Crippen LogP contribution in [0.3, 0.4) is 0 Å². The lowest BCUT2D eigenvalue weighted by Crippen LogP contribution is -2.38. The summed E-state index contributed by atoms with van der Waals surface area (Å²) in [6.07, 6.45) is 4.69. The molecule has 0 bridgehead atoms. The highest BCUT2D eigenvalue weighted by molar-refractivity contribution is 6.07. The van der Waals surface area contributed by atoms with Crippen molar-refractivity contribution < 1.29 is 19.0 Å². The molecule has 0 spiro atoms. The van der Waals surface area contributed by atoms with E-state index in [1.54, 1.807) is 7.11 Å².